The summed E-state index contributed by atoms with van der Waals surface area (Å²) in [6.45, 7) is 0. The molecule has 0 aliphatic rings. The van der Waals surface area contributed by atoms with Crippen molar-refractivity contribution in [3.63, 3.8) is 0 Å². The second-order valence-corrected chi connectivity index (χ2v) is 4.60. The Morgan fingerprint density at radius 1 is 1.22 bits per heavy atom. The first-order chi connectivity index (χ1) is 8.52. The standard InChI is InChI=1S/C13H16ClNO3/c14-10(13(17)18)7-4-8-11(15)12(16)9-5-2-1-3-6-9/h1-3,5-6,10-11H,4,7-8,15H2,(H,17,18). The molecule has 0 aromatic heterocycles. The molecular formula is C13H16ClNO3. The third-order valence-electron chi connectivity index (χ3n) is 2.64. The lowest BCUT2D eigenvalue weighted by Crippen LogP contribution is -2.30. The molecule has 0 heterocycles. The Balaban J connectivity index is 2.40. The van der Waals surface area contributed by atoms with E-state index < -0.39 is 17.4 Å². The largest absolute Gasteiger partial charge is 0.480 e. The maximum absolute atomic E-state index is 11.9. The predicted molar refractivity (Wildman–Crippen MR) is 69.9 cm³/mol. The normalized spacial score (nSPS) is 13.9. The van der Waals surface area contributed by atoms with Crippen molar-refractivity contribution in [2.24, 2.45) is 5.73 Å². The number of aliphatic carboxylic acids is 1. The van der Waals surface area contributed by atoms with E-state index in [0.29, 0.717) is 24.8 Å². The number of hydrogen-bond donors (Lipinski definition) is 2. The van der Waals surface area contributed by atoms with Crippen molar-refractivity contribution < 1.29 is 14.7 Å². The average Bonchev–Trinajstić information content (AvgIpc) is 2.38. The Kier molecular flexibility index (Phi) is 5.82. The van der Waals surface area contributed by atoms with Gasteiger partial charge in [0.25, 0.3) is 0 Å². The molecule has 0 saturated carbocycles. The van der Waals surface area contributed by atoms with Crippen LogP contribution in [0.15, 0.2) is 30.3 Å². The summed E-state index contributed by atoms with van der Waals surface area (Å²) in [6.07, 6.45) is 1.26. The van der Waals surface area contributed by atoms with Gasteiger partial charge in [0.05, 0.1) is 6.04 Å². The maximum Gasteiger partial charge on any atom is 0.321 e. The molecule has 2 atom stereocenters. The second kappa shape index (κ2) is 7.13. The summed E-state index contributed by atoms with van der Waals surface area (Å²) in [5.41, 5.74) is 6.35. The third-order valence-corrected chi connectivity index (χ3v) is 3.04. The molecule has 0 fully saturated rings. The van der Waals surface area contributed by atoms with E-state index in [2.05, 4.69) is 0 Å². The highest BCUT2D eigenvalue weighted by atomic mass is 35.5. The van der Waals surface area contributed by atoms with E-state index >= 15 is 0 Å². The molecule has 0 aliphatic carbocycles. The van der Waals surface area contributed by atoms with E-state index in [9.17, 15) is 9.59 Å². The van der Waals surface area contributed by atoms with Gasteiger partial charge in [-0.1, -0.05) is 30.3 Å². The van der Waals surface area contributed by atoms with Gasteiger partial charge >= 0.3 is 5.97 Å². The molecule has 3 N–H and O–H groups in total. The fraction of sp³-hybridized carbons (Fsp3) is 0.385. The molecule has 5 heteroatoms. The van der Waals surface area contributed by atoms with E-state index in [1.165, 1.54) is 0 Å². The van der Waals surface area contributed by atoms with Gasteiger partial charge in [0, 0.05) is 5.56 Å². The van der Waals surface area contributed by atoms with Gasteiger partial charge in [-0.25, -0.2) is 0 Å². The number of carboxylic acid groups (broad SMARTS) is 1. The first-order valence-electron chi connectivity index (χ1n) is 5.74. The second-order valence-electron chi connectivity index (χ2n) is 4.07. The Bertz CT molecular complexity index is 408. The number of hydrogen-bond acceptors (Lipinski definition) is 3. The van der Waals surface area contributed by atoms with Gasteiger partial charge in [-0.15, -0.1) is 11.6 Å². The maximum atomic E-state index is 11.9. The molecule has 98 valence electrons. The zero-order valence-corrected chi connectivity index (χ0v) is 10.6. The van der Waals surface area contributed by atoms with Gasteiger partial charge < -0.3 is 10.8 Å². The predicted octanol–water partition coefficient (Wildman–Crippen LogP) is 2.06. The van der Waals surface area contributed by atoms with Gasteiger partial charge in [0.1, 0.15) is 5.38 Å². The lowest BCUT2D eigenvalue weighted by Gasteiger charge is -2.11. The van der Waals surface area contributed by atoms with Crippen LogP contribution in [0.4, 0.5) is 0 Å². The molecule has 1 aromatic carbocycles. The van der Waals surface area contributed by atoms with E-state index in [-0.39, 0.29) is 5.78 Å². The van der Waals surface area contributed by atoms with Crippen LogP contribution >= 0.6 is 11.6 Å². The highest BCUT2D eigenvalue weighted by Crippen LogP contribution is 2.11. The molecule has 0 amide bonds. The van der Waals surface area contributed by atoms with E-state index in [4.69, 9.17) is 22.4 Å². The Hall–Kier alpha value is -1.39. The van der Waals surface area contributed by atoms with Crippen molar-refractivity contribution in [2.45, 2.75) is 30.7 Å². The minimum absolute atomic E-state index is 0.128. The fourth-order valence-corrected chi connectivity index (χ4v) is 1.74. The summed E-state index contributed by atoms with van der Waals surface area (Å²) < 4.78 is 0. The van der Waals surface area contributed by atoms with Crippen LogP contribution in [-0.4, -0.2) is 28.3 Å². The lowest BCUT2D eigenvalue weighted by molar-refractivity contribution is -0.136. The highest BCUT2D eigenvalue weighted by Gasteiger charge is 2.17. The van der Waals surface area contributed by atoms with Crippen molar-refractivity contribution in [1.82, 2.24) is 0 Å². The zero-order chi connectivity index (χ0) is 13.5. The van der Waals surface area contributed by atoms with Crippen LogP contribution in [0.5, 0.6) is 0 Å². The smallest absolute Gasteiger partial charge is 0.321 e. The molecule has 0 aliphatic heterocycles. The van der Waals surface area contributed by atoms with Gasteiger partial charge in [-0.05, 0) is 19.3 Å². The fourth-order valence-electron chi connectivity index (χ4n) is 1.59. The average molecular weight is 270 g/mol. The summed E-state index contributed by atoms with van der Waals surface area (Å²) in [7, 11) is 0. The number of carbonyl (C=O) groups is 2. The SMILES string of the molecule is NC(CCCC(Cl)C(=O)O)C(=O)c1ccccc1. The molecule has 2 unspecified atom stereocenters. The van der Waals surface area contributed by atoms with E-state index in [1.54, 1.807) is 24.3 Å². The third kappa shape index (κ3) is 4.47. The lowest BCUT2D eigenvalue weighted by atomic mass is 10.00. The molecule has 1 aromatic rings. The van der Waals surface area contributed by atoms with Gasteiger partial charge in [0.15, 0.2) is 5.78 Å². The van der Waals surface area contributed by atoms with Crippen LogP contribution < -0.4 is 5.73 Å². The molecule has 0 saturated heterocycles. The molecule has 0 radical (unpaired) electrons. The van der Waals surface area contributed by atoms with Crippen molar-refractivity contribution in [1.29, 1.82) is 0 Å². The summed E-state index contributed by atoms with van der Waals surface area (Å²) in [5, 5.41) is 7.69. The number of ketones is 1. The molecule has 0 spiro atoms. The monoisotopic (exact) mass is 269 g/mol. The molecule has 0 bridgehead atoms. The van der Waals surface area contributed by atoms with E-state index in [0.717, 1.165) is 0 Å². The van der Waals surface area contributed by atoms with Crippen LogP contribution in [0, 0.1) is 0 Å². The van der Waals surface area contributed by atoms with Crippen LogP contribution in [0.3, 0.4) is 0 Å². The first-order valence-corrected chi connectivity index (χ1v) is 6.17. The highest BCUT2D eigenvalue weighted by molar-refractivity contribution is 6.29. The van der Waals surface area contributed by atoms with Crippen LogP contribution in [-0.2, 0) is 4.79 Å². The summed E-state index contributed by atoms with van der Waals surface area (Å²) >= 11 is 5.57. The Labute approximate surface area is 111 Å². The Morgan fingerprint density at radius 3 is 2.39 bits per heavy atom. The number of nitrogens with two attached hydrogens (primary N) is 1. The Morgan fingerprint density at radius 2 is 1.83 bits per heavy atom. The minimum Gasteiger partial charge on any atom is -0.480 e. The number of alkyl halides is 1. The minimum atomic E-state index is -1.04. The summed E-state index contributed by atoms with van der Waals surface area (Å²) in [6, 6.07) is 8.20. The number of halogens is 1. The van der Waals surface area contributed by atoms with Crippen LogP contribution in [0.2, 0.25) is 0 Å². The quantitative estimate of drug-likeness (QED) is 0.586. The van der Waals surface area contributed by atoms with Crippen LogP contribution in [0.1, 0.15) is 29.6 Å². The molecular weight excluding hydrogens is 254 g/mol. The topological polar surface area (TPSA) is 80.4 Å². The number of rotatable bonds is 7. The first kappa shape index (κ1) is 14.7. The molecule has 4 nitrogen and oxygen atoms in total. The van der Waals surface area contributed by atoms with Crippen molar-refractivity contribution in [3.05, 3.63) is 35.9 Å². The summed E-state index contributed by atoms with van der Waals surface area (Å²) in [5.74, 6) is -1.17. The van der Waals surface area contributed by atoms with E-state index in [1.807, 2.05) is 6.07 Å². The zero-order valence-electron chi connectivity index (χ0n) is 9.88. The number of carbonyl (C=O) groups excluding carboxylic acids is 1. The van der Waals surface area contributed by atoms with Gasteiger partial charge in [-0.3, -0.25) is 9.59 Å². The van der Waals surface area contributed by atoms with Crippen LogP contribution in [0.25, 0.3) is 0 Å². The number of Topliss-reactive ketones (excluding diaryl/α,β-unsaturated/α-hetero) is 1. The summed E-state index contributed by atoms with van der Waals surface area (Å²) in [4.78, 5) is 22.4. The van der Waals surface area contributed by atoms with Crippen molar-refractivity contribution >= 4 is 23.4 Å². The van der Waals surface area contributed by atoms with Gasteiger partial charge in [-0.2, -0.15) is 0 Å². The van der Waals surface area contributed by atoms with Crippen molar-refractivity contribution in [3.8, 4) is 0 Å². The molecule has 1 rings (SSSR count). The van der Waals surface area contributed by atoms with Gasteiger partial charge in [0.2, 0.25) is 0 Å². The number of carboxylic acids is 1. The van der Waals surface area contributed by atoms with Crippen molar-refractivity contribution in [2.75, 3.05) is 0 Å². The molecule has 18 heavy (non-hydrogen) atoms. The number of benzene rings is 1.